The molecular weight excluding hydrogens is 460 g/mol. The second kappa shape index (κ2) is 17.5. The maximum Gasteiger partial charge on any atom is 0.326 e. The molecule has 14 nitrogen and oxygen atoms in total. The molecule has 0 aromatic heterocycles. The fraction of sp³-hybridized carbons (Fsp3) is 0.762. The quantitative estimate of drug-likeness (QED) is 0.0523. The molecule has 0 radical (unpaired) electrons. The van der Waals surface area contributed by atoms with Gasteiger partial charge in [-0.15, -0.1) is 0 Å². The van der Waals surface area contributed by atoms with Crippen LogP contribution in [0.3, 0.4) is 0 Å². The lowest BCUT2D eigenvalue weighted by Crippen LogP contribution is -2.57. The number of nitrogens with zero attached hydrogens (tertiary/aromatic N) is 1. The second-order valence-corrected chi connectivity index (χ2v) is 8.67. The summed E-state index contributed by atoms with van der Waals surface area (Å²) in [5, 5.41) is 26.1. The molecule has 202 valence electrons. The number of amides is 3. The topological polar surface area (TPSA) is 261 Å². The van der Waals surface area contributed by atoms with Crippen LogP contribution in [0.25, 0.3) is 0 Å². The van der Waals surface area contributed by atoms with Gasteiger partial charge in [-0.2, -0.15) is 0 Å². The highest BCUT2D eigenvalue weighted by Gasteiger charge is 2.30. The number of guanidine groups is 1. The van der Waals surface area contributed by atoms with Gasteiger partial charge in [0.2, 0.25) is 17.7 Å². The highest BCUT2D eigenvalue weighted by atomic mass is 16.4. The molecule has 0 aromatic carbocycles. The van der Waals surface area contributed by atoms with Crippen LogP contribution in [0.4, 0.5) is 0 Å². The van der Waals surface area contributed by atoms with E-state index in [0.717, 1.165) is 0 Å². The number of aliphatic hydroxyl groups excluding tert-OH is 1. The summed E-state index contributed by atoms with van der Waals surface area (Å²) in [6, 6.07) is -4.46. The van der Waals surface area contributed by atoms with Crippen LogP contribution < -0.4 is 38.9 Å². The first kappa shape index (κ1) is 32.0. The van der Waals surface area contributed by atoms with Gasteiger partial charge >= 0.3 is 5.97 Å². The number of nitrogens with one attached hydrogen (secondary N) is 3. The molecule has 4 unspecified atom stereocenters. The van der Waals surface area contributed by atoms with Crippen molar-refractivity contribution in [2.45, 2.75) is 76.5 Å². The van der Waals surface area contributed by atoms with Gasteiger partial charge in [0.1, 0.15) is 24.2 Å². The second-order valence-electron chi connectivity index (χ2n) is 8.67. The zero-order chi connectivity index (χ0) is 27.0. The van der Waals surface area contributed by atoms with E-state index in [2.05, 4.69) is 20.9 Å². The third-order valence-electron chi connectivity index (χ3n) is 5.01. The van der Waals surface area contributed by atoms with Crippen molar-refractivity contribution in [1.29, 1.82) is 0 Å². The molecule has 0 saturated carbocycles. The zero-order valence-corrected chi connectivity index (χ0v) is 20.5. The van der Waals surface area contributed by atoms with E-state index in [-0.39, 0.29) is 37.7 Å². The molecule has 0 aliphatic carbocycles. The van der Waals surface area contributed by atoms with Crippen molar-refractivity contribution in [2.24, 2.45) is 33.8 Å². The first-order chi connectivity index (χ1) is 16.4. The molecule has 0 rings (SSSR count). The van der Waals surface area contributed by atoms with Gasteiger partial charge in [-0.05, 0) is 51.0 Å². The minimum Gasteiger partial charge on any atom is -0.480 e. The van der Waals surface area contributed by atoms with Crippen molar-refractivity contribution in [3.63, 3.8) is 0 Å². The zero-order valence-electron chi connectivity index (χ0n) is 20.5. The minimum absolute atomic E-state index is 0.0162. The summed E-state index contributed by atoms with van der Waals surface area (Å²) in [5.41, 5.74) is 21.6. The Morgan fingerprint density at radius 1 is 0.857 bits per heavy atom. The Bertz CT molecular complexity index is 714. The Kier molecular flexibility index (Phi) is 16.0. The van der Waals surface area contributed by atoms with E-state index < -0.39 is 54.5 Å². The number of rotatable bonds is 18. The number of nitrogens with two attached hydrogens (primary N) is 4. The number of aliphatic hydroxyl groups is 1. The van der Waals surface area contributed by atoms with Crippen molar-refractivity contribution in [1.82, 2.24) is 16.0 Å². The Morgan fingerprint density at radius 2 is 1.40 bits per heavy atom. The normalized spacial score (nSPS) is 14.3. The van der Waals surface area contributed by atoms with Crippen molar-refractivity contribution in [2.75, 3.05) is 19.7 Å². The number of hydrogen-bond acceptors (Lipinski definition) is 8. The monoisotopic (exact) mass is 502 g/mol. The van der Waals surface area contributed by atoms with E-state index >= 15 is 0 Å². The summed E-state index contributed by atoms with van der Waals surface area (Å²) in [5.74, 6) is -3.34. The Hall–Kier alpha value is -2.97. The predicted octanol–water partition coefficient (Wildman–Crippen LogP) is -2.93. The smallest absolute Gasteiger partial charge is 0.326 e. The third-order valence-corrected chi connectivity index (χ3v) is 5.01. The van der Waals surface area contributed by atoms with Gasteiger partial charge in [-0.3, -0.25) is 19.4 Å². The van der Waals surface area contributed by atoms with Crippen LogP contribution in [0.5, 0.6) is 0 Å². The highest BCUT2D eigenvalue weighted by molar-refractivity contribution is 5.94. The average Bonchev–Trinajstić information content (AvgIpc) is 2.78. The number of carboxylic acid groups (broad SMARTS) is 1. The highest BCUT2D eigenvalue weighted by Crippen LogP contribution is 2.09. The molecule has 0 heterocycles. The Morgan fingerprint density at radius 3 is 1.91 bits per heavy atom. The van der Waals surface area contributed by atoms with Crippen LogP contribution >= 0.6 is 0 Å². The number of carboxylic acids is 1. The van der Waals surface area contributed by atoms with Crippen molar-refractivity contribution in [3.8, 4) is 0 Å². The number of hydrogen-bond donors (Lipinski definition) is 9. The van der Waals surface area contributed by atoms with Crippen LogP contribution in [-0.2, 0) is 19.2 Å². The summed E-state index contributed by atoms with van der Waals surface area (Å²) in [7, 11) is 0. The fourth-order valence-electron chi connectivity index (χ4n) is 3.13. The molecule has 0 fully saturated rings. The number of aliphatic imine (C=N–C) groups is 1. The van der Waals surface area contributed by atoms with E-state index in [0.29, 0.717) is 25.8 Å². The molecule has 14 heteroatoms. The fourth-order valence-corrected chi connectivity index (χ4v) is 3.13. The molecule has 4 atom stereocenters. The van der Waals surface area contributed by atoms with Gasteiger partial charge in [0.15, 0.2) is 5.96 Å². The summed E-state index contributed by atoms with van der Waals surface area (Å²) in [4.78, 5) is 53.4. The number of carbonyl (C=O) groups excluding carboxylic acids is 3. The molecule has 0 aromatic rings. The maximum atomic E-state index is 13.0. The molecule has 3 amide bonds. The summed E-state index contributed by atoms with van der Waals surface area (Å²) in [6.45, 7) is 3.69. The van der Waals surface area contributed by atoms with Gasteiger partial charge in [-0.25, -0.2) is 4.79 Å². The van der Waals surface area contributed by atoms with Gasteiger partial charge < -0.3 is 49.1 Å². The third kappa shape index (κ3) is 14.1. The summed E-state index contributed by atoms with van der Waals surface area (Å²) < 4.78 is 0. The van der Waals surface area contributed by atoms with Crippen LogP contribution in [0.1, 0.15) is 52.4 Å². The lowest BCUT2D eigenvalue weighted by Gasteiger charge is -2.26. The van der Waals surface area contributed by atoms with E-state index in [1.165, 1.54) is 0 Å². The molecule has 0 saturated heterocycles. The van der Waals surface area contributed by atoms with E-state index in [1.54, 1.807) is 0 Å². The molecule has 13 N–H and O–H groups in total. The molecule has 35 heavy (non-hydrogen) atoms. The number of aliphatic carboxylic acids is 1. The lowest BCUT2D eigenvalue weighted by atomic mass is 10.0. The van der Waals surface area contributed by atoms with Crippen LogP contribution in [0, 0.1) is 5.92 Å². The largest absolute Gasteiger partial charge is 0.480 e. The maximum absolute atomic E-state index is 13.0. The van der Waals surface area contributed by atoms with Gasteiger partial charge in [0.25, 0.3) is 0 Å². The molecule has 0 aliphatic rings. The number of unbranched alkanes of at least 4 members (excludes halogenated alkanes) is 1. The minimum atomic E-state index is -1.24. The van der Waals surface area contributed by atoms with Crippen molar-refractivity contribution in [3.05, 3.63) is 0 Å². The first-order valence-electron chi connectivity index (χ1n) is 11.7. The first-order valence-corrected chi connectivity index (χ1v) is 11.7. The van der Waals surface area contributed by atoms with Gasteiger partial charge in [0.05, 0.1) is 6.61 Å². The molecule has 0 bridgehead atoms. The molecular formula is C21H42N8O6. The predicted molar refractivity (Wildman–Crippen MR) is 131 cm³/mol. The summed E-state index contributed by atoms with van der Waals surface area (Å²) >= 11 is 0. The number of carbonyl (C=O) groups is 4. The van der Waals surface area contributed by atoms with E-state index in [1.807, 2.05) is 13.8 Å². The lowest BCUT2D eigenvalue weighted by molar-refractivity contribution is -0.142. The van der Waals surface area contributed by atoms with Gasteiger partial charge in [0, 0.05) is 6.54 Å². The standard InChI is InChI=1S/C21H42N8O6/c1-12(2)10-16(29-17(31)13(23)11-30)19(33)27-14(6-3-4-8-22)18(32)28-15(20(34)35)7-5-9-26-21(24)25/h12-16,30H,3-11,22-23H2,1-2H3,(H,27,33)(H,28,32)(H,29,31)(H,34,35)(H4,24,25,26). The van der Waals surface area contributed by atoms with E-state index in [9.17, 15) is 24.3 Å². The molecule has 0 spiro atoms. The van der Waals surface area contributed by atoms with Crippen molar-refractivity contribution < 1.29 is 29.4 Å². The van der Waals surface area contributed by atoms with Crippen LogP contribution in [0.15, 0.2) is 4.99 Å². The van der Waals surface area contributed by atoms with Crippen molar-refractivity contribution >= 4 is 29.7 Å². The van der Waals surface area contributed by atoms with E-state index in [4.69, 9.17) is 28.0 Å². The average molecular weight is 503 g/mol. The Balaban J connectivity index is 5.44. The summed E-state index contributed by atoms with van der Waals surface area (Å²) in [6.07, 6.45) is 1.97. The van der Waals surface area contributed by atoms with Crippen LogP contribution in [0.2, 0.25) is 0 Å². The van der Waals surface area contributed by atoms with Gasteiger partial charge in [-0.1, -0.05) is 13.8 Å². The Labute approximate surface area is 205 Å². The van der Waals surface area contributed by atoms with Crippen LogP contribution in [-0.4, -0.2) is 83.7 Å². The SMILES string of the molecule is CC(C)CC(NC(=O)C(N)CO)C(=O)NC(CCCCN)C(=O)NC(CCCN=C(N)N)C(=O)O. The molecule has 0 aliphatic heterocycles.